The van der Waals surface area contributed by atoms with E-state index in [0.29, 0.717) is 16.8 Å². The van der Waals surface area contributed by atoms with E-state index in [1.807, 2.05) is 105 Å². The van der Waals surface area contributed by atoms with Crippen molar-refractivity contribution < 1.29 is 14.4 Å². The molecule has 1 aliphatic rings. The summed E-state index contributed by atoms with van der Waals surface area (Å²) in [6.07, 6.45) is 6.12. The Morgan fingerprint density at radius 3 is 1.83 bits per heavy atom. The molecule has 2 amide bonds. The Kier molecular flexibility index (Phi) is 7.71. The van der Waals surface area contributed by atoms with Crippen LogP contribution in [0.5, 0.6) is 0 Å². The Labute approximate surface area is 211 Å². The number of benzene rings is 3. The maximum atomic E-state index is 13.3. The van der Waals surface area contributed by atoms with Crippen molar-refractivity contribution in [3.05, 3.63) is 124 Å². The van der Waals surface area contributed by atoms with Gasteiger partial charge in [0.2, 0.25) is 11.8 Å². The standard InChI is InChI=1S/C31H28N2O3/c1-22-13-14-28(17-23(22)2)32-29(34)15-16-30(35)33-20-26(18-24-9-5-3-6-10-24)31(36)27(21-33)19-25-11-7-4-8-12-25/h3-19H,20-21H2,1-2H3,(H,32,34)/b16-15+,26-18+,27-19+. The van der Waals surface area contributed by atoms with E-state index in [1.54, 1.807) is 4.90 Å². The number of carbonyl (C=O) groups excluding carboxylic acids is 3. The molecule has 0 radical (unpaired) electrons. The Morgan fingerprint density at radius 1 is 0.750 bits per heavy atom. The second-order valence-electron chi connectivity index (χ2n) is 8.81. The molecule has 4 rings (SSSR count). The number of ketones is 1. The molecule has 5 nitrogen and oxygen atoms in total. The minimum Gasteiger partial charge on any atom is -0.330 e. The van der Waals surface area contributed by atoms with Crippen molar-refractivity contribution in [3.8, 4) is 0 Å². The lowest BCUT2D eigenvalue weighted by molar-refractivity contribution is -0.126. The Morgan fingerprint density at radius 2 is 1.31 bits per heavy atom. The lowest BCUT2D eigenvalue weighted by Gasteiger charge is -2.29. The normalized spacial score (nSPS) is 16.1. The smallest absolute Gasteiger partial charge is 0.248 e. The summed E-state index contributed by atoms with van der Waals surface area (Å²) >= 11 is 0. The Balaban J connectivity index is 1.54. The molecule has 36 heavy (non-hydrogen) atoms. The molecule has 1 fully saturated rings. The van der Waals surface area contributed by atoms with Crippen LogP contribution < -0.4 is 5.32 Å². The molecule has 0 spiro atoms. The molecule has 1 aliphatic heterocycles. The molecule has 1 saturated heterocycles. The van der Waals surface area contributed by atoms with E-state index in [2.05, 4.69) is 5.32 Å². The molecule has 0 bridgehead atoms. The van der Waals surface area contributed by atoms with Crippen LogP contribution in [-0.4, -0.2) is 35.6 Å². The monoisotopic (exact) mass is 476 g/mol. The fraction of sp³-hybridized carbons (Fsp3) is 0.129. The van der Waals surface area contributed by atoms with Gasteiger partial charge in [-0.2, -0.15) is 0 Å². The number of likely N-dealkylation sites (tertiary alicyclic amines) is 1. The first-order valence-corrected chi connectivity index (χ1v) is 11.8. The topological polar surface area (TPSA) is 66.5 Å². The Bertz CT molecular complexity index is 1310. The molecule has 0 aliphatic carbocycles. The van der Waals surface area contributed by atoms with Crippen molar-refractivity contribution >= 4 is 35.4 Å². The van der Waals surface area contributed by atoms with Gasteiger partial charge in [0.15, 0.2) is 5.78 Å². The van der Waals surface area contributed by atoms with Crippen LogP contribution >= 0.6 is 0 Å². The quantitative estimate of drug-likeness (QED) is 0.503. The average Bonchev–Trinajstić information content (AvgIpc) is 2.88. The minimum atomic E-state index is -0.389. The molecule has 5 heteroatoms. The molecule has 0 aromatic heterocycles. The summed E-state index contributed by atoms with van der Waals surface area (Å²) < 4.78 is 0. The van der Waals surface area contributed by atoms with Gasteiger partial charge in [-0.05, 0) is 60.4 Å². The van der Waals surface area contributed by atoms with Crippen molar-refractivity contribution in [1.29, 1.82) is 0 Å². The predicted molar refractivity (Wildman–Crippen MR) is 144 cm³/mol. The first kappa shape index (κ1) is 24.6. The second-order valence-corrected chi connectivity index (χ2v) is 8.81. The molecule has 0 unspecified atom stereocenters. The van der Waals surface area contributed by atoms with E-state index < -0.39 is 0 Å². The first-order chi connectivity index (χ1) is 17.4. The lowest BCUT2D eigenvalue weighted by atomic mass is 9.94. The van der Waals surface area contributed by atoms with Gasteiger partial charge in [0, 0.05) is 29.0 Å². The van der Waals surface area contributed by atoms with Gasteiger partial charge in [-0.25, -0.2) is 0 Å². The third-order valence-corrected chi connectivity index (χ3v) is 6.05. The number of piperidine rings is 1. The number of nitrogens with zero attached hydrogens (tertiary/aromatic N) is 1. The fourth-order valence-corrected chi connectivity index (χ4v) is 3.95. The first-order valence-electron chi connectivity index (χ1n) is 11.8. The molecular weight excluding hydrogens is 448 g/mol. The van der Waals surface area contributed by atoms with Crippen LogP contribution in [0.2, 0.25) is 0 Å². The summed E-state index contributed by atoms with van der Waals surface area (Å²) in [7, 11) is 0. The zero-order chi connectivity index (χ0) is 25.5. The predicted octanol–water partition coefficient (Wildman–Crippen LogP) is 5.38. The van der Waals surface area contributed by atoms with Crippen LogP contribution in [0.25, 0.3) is 12.2 Å². The molecular formula is C31H28N2O3. The highest BCUT2D eigenvalue weighted by molar-refractivity contribution is 6.15. The van der Waals surface area contributed by atoms with Crippen molar-refractivity contribution in [2.45, 2.75) is 13.8 Å². The van der Waals surface area contributed by atoms with E-state index in [-0.39, 0.29) is 30.7 Å². The maximum absolute atomic E-state index is 13.3. The number of hydrogen-bond acceptors (Lipinski definition) is 3. The summed E-state index contributed by atoms with van der Waals surface area (Å²) in [5.41, 5.74) is 5.70. The second kappa shape index (κ2) is 11.3. The largest absolute Gasteiger partial charge is 0.330 e. The summed E-state index contributed by atoms with van der Waals surface area (Å²) in [5, 5.41) is 2.78. The third kappa shape index (κ3) is 6.33. The number of nitrogens with one attached hydrogen (secondary N) is 1. The number of hydrogen-bond donors (Lipinski definition) is 1. The van der Waals surface area contributed by atoms with Crippen molar-refractivity contribution in [3.63, 3.8) is 0 Å². The number of Topliss-reactive ketones (excluding diaryl/α,β-unsaturated/α-hetero) is 1. The molecule has 180 valence electrons. The van der Waals surface area contributed by atoms with Crippen LogP contribution in [0.4, 0.5) is 5.69 Å². The zero-order valence-corrected chi connectivity index (χ0v) is 20.4. The van der Waals surface area contributed by atoms with E-state index in [1.165, 1.54) is 12.2 Å². The van der Waals surface area contributed by atoms with Gasteiger partial charge in [0.25, 0.3) is 0 Å². The van der Waals surface area contributed by atoms with Crippen LogP contribution in [0.15, 0.2) is 102 Å². The maximum Gasteiger partial charge on any atom is 0.248 e. The highest BCUT2D eigenvalue weighted by Crippen LogP contribution is 2.22. The summed E-state index contributed by atoms with van der Waals surface area (Å²) in [6.45, 7) is 4.32. The van der Waals surface area contributed by atoms with Gasteiger partial charge in [0.1, 0.15) is 0 Å². The Hall–Kier alpha value is -4.51. The van der Waals surface area contributed by atoms with Gasteiger partial charge < -0.3 is 10.2 Å². The van der Waals surface area contributed by atoms with Crippen molar-refractivity contribution in [2.75, 3.05) is 18.4 Å². The van der Waals surface area contributed by atoms with Crippen LogP contribution in [-0.2, 0) is 14.4 Å². The van der Waals surface area contributed by atoms with Crippen molar-refractivity contribution in [1.82, 2.24) is 4.90 Å². The average molecular weight is 477 g/mol. The fourth-order valence-electron chi connectivity index (χ4n) is 3.95. The van der Waals surface area contributed by atoms with E-state index in [9.17, 15) is 14.4 Å². The molecule has 1 heterocycles. The number of anilines is 1. The molecule has 3 aromatic carbocycles. The van der Waals surface area contributed by atoms with Gasteiger partial charge in [0.05, 0.1) is 13.1 Å². The molecule has 0 saturated carbocycles. The summed E-state index contributed by atoms with van der Waals surface area (Å²) in [4.78, 5) is 40.3. The van der Waals surface area contributed by atoms with Crippen LogP contribution in [0.3, 0.4) is 0 Å². The van der Waals surface area contributed by atoms with Crippen LogP contribution in [0, 0.1) is 13.8 Å². The lowest BCUT2D eigenvalue weighted by Crippen LogP contribution is -2.41. The van der Waals surface area contributed by atoms with E-state index >= 15 is 0 Å². The number of carbonyl (C=O) groups is 3. The molecule has 3 aromatic rings. The highest BCUT2D eigenvalue weighted by atomic mass is 16.2. The summed E-state index contributed by atoms with van der Waals surface area (Å²) in [6, 6.07) is 24.7. The van der Waals surface area contributed by atoms with Gasteiger partial charge in [-0.3, -0.25) is 14.4 Å². The van der Waals surface area contributed by atoms with Gasteiger partial charge in [-0.1, -0.05) is 66.7 Å². The van der Waals surface area contributed by atoms with Crippen LogP contribution in [0.1, 0.15) is 22.3 Å². The number of aryl methyl sites for hydroxylation is 2. The zero-order valence-electron chi connectivity index (χ0n) is 20.4. The van der Waals surface area contributed by atoms with Gasteiger partial charge >= 0.3 is 0 Å². The number of rotatable bonds is 5. The molecule has 1 N–H and O–H groups in total. The van der Waals surface area contributed by atoms with Crippen molar-refractivity contribution in [2.24, 2.45) is 0 Å². The van der Waals surface area contributed by atoms with E-state index in [0.717, 1.165) is 22.3 Å². The highest BCUT2D eigenvalue weighted by Gasteiger charge is 2.28. The minimum absolute atomic E-state index is 0.0804. The van der Waals surface area contributed by atoms with Gasteiger partial charge in [-0.15, -0.1) is 0 Å². The number of amides is 2. The third-order valence-electron chi connectivity index (χ3n) is 6.05. The van der Waals surface area contributed by atoms with E-state index in [4.69, 9.17) is 0 Å². The SMILES string of the molecule is Cc1ccc(NC(=O)/C=C/C(=O)N2C/C(=C\c3ccccc3)C(=O)/C(=C/c3ccccc3)C2)cc1C. The summed E-state index contributed by atoms with van der Waals surface area (Å²) in [5.74, 6) is -0.807. The molecule has 0 atom stereocenters.